The quantitative estimate of drug-likeness (QED) is 0.628. The lowest BCUT2D eigenvalue weighted by Crippen LogP contribution is -3.12. The Morgan fingerprint density at radius 1 is 1.06 bits per heavy atom. The van der Waals surface area contributed by atoms with Crippen molar-refractivity contribution >= 4 is 5.69 Å². The average molecular weight is 281 g/mol. The summed E-state index contributed by atoms with van der Waals surface area (Å²) in [5.41, 5.74) is 0.298. The van der Waals surface area contributed by atoms with Gasteiger partial charge in [-0.1, -0.05) is 0 Å². The maximum atomic E-state index is 12.4. The zero-order valence-corrected chi connectivity index (χ0v) is 10.9. The molecule has 1 aliphatic rings. The van der Waals surface area contributed by atoms with Crippen molar-refractivity contribution in [2.24, 2.45) is 0 Å². The van der Waals surface area contributed by atoms with Crippen molar-refractivity contribution in [3.8, 4) is 0 Å². The minimum atomic E-state index is -4.25. The number of quaternary nitrogens is 1. The molecular formula is C12H16ClF3N2. The number of benzene rings is 1. The maximum Gasteiger partial charge on any atom is 0.416 e. The summed E-state index contributed by atoms with van der Waals surface area (Å²) in [5, 5.41) is 0. The van der Waals surface area contributed by atoms with Crippen molar-refractivity contribution < 1.29 is 30.5 Å². The molecule has 6 heteroatoms. The van der Waals surface area contributed by atoms with Crippen LogP contribution in [0.25, 0.3) is 0 Å². The minimum absolute atomic E-state index is 0. The van der Waals surface area contributed by atoms with Crippen LogP contribution in [0.5, 0.6) is 0 Å². The lowest BCUT2D eigenvalue weighted by molar-refractivity contribution is -0.880. The number of halogens is 4. The molecule has 1 N–H and O–H groups in total. The second kappa shape index (κ2) is 5.80. The summed E-state index contributed by atoms with van der Waals surface area (Å²) in [6.07, 6.45) is -4.25. The van der Waals surface area contributed by atoms with Crippen LogP contribution in [0, 0.1) is 0 Å². The predicted octanol–water partition coefficient (Wildman–Crippen LogP) is -1.96. The zero-order chi connectivity index (χ0) is 12.5. The van der Waals surface area contributed by atoms with Crippen LogP contribution >= 0.6 is 0 Å². The third kappa shape index (κ3) is 3.53. The van der Waals surface area contributed by atoms with Gasteiger partial charge in [0.1, 0.15) is 0 Å². The van der Waals surface area contributed by atoms with Crippen LogP contribution in [0.4, 0.5) is 18.9 Å². The Kier molecular flexibility index (Phi) is 4.87. The monoisotopic (exact) mass is 280 g/mol. The fraction of sp³-hybridized carbons (Fsp3) is 0.500. The van der Waals surface area contributed by atoms with Gasteiger partial charge in [-0.2, -0.15) is 13.2 Å². The maximum absolute atomic E-state index is 12.4. The molecule has 0 aliphatic carbocycles. The number of rotatable bonds is 1. The van der Waals surface area contributed by atoms with E-state index >= 15 is 0 Å². The third-order valence-electron chi connectivity index (χ3n) is 3.18. The van der Waals surface area contributed by atoms with Crippen molar-refractivity contribution in [3.05, 3.63) is 29.8 Å². The number of alkyl halides is 3. The van der Waals surface area contributed by atoms with Gasteiger partial charge in [0.25, 0.3) is 0 Å². The van der Waals surface area contributed by atoms with Crippen LogP contribution < -0.4 is 22.2 Å². The molecule has 1 saturated heterocycles. The summed E-state index contributed by atoms with van der Waals surface area (Å²) in [4.78, 5) is 3.60. The lowest BCUT2D eigenvalue weighted by atomic mass is 10.1. The number of piperazine rings is 1. The van der Waals surface area contributed by atoms with Gasteiger partial charge in [0.15, 0.2) is 0 Å². The predicted molar refractivity (Wildman–Crippen MR) is 60.3 cm³/mol. The van der Waals surface area contributed by atoms with Gasteiger partial charge < -0.3 is 22.2 Å². The van der Waals surface area contributed by atoms with Crippen LogP contribution in [0.1, 0.15) is 5.56 Å². The summed E-state index contributed by atoms with van der Waals surface area (Å²) in [6, 6.07) is 5.42. The van der Waals surface area contributed by atoms with Gasteiger partial charge in [-0.05, 0) is 24.3 Å². The Labute approximate surface area is 111 Å². The molecule has 0 saturated carbocycles. The molecular weight excluding hydrogens is 265 g/mol. The summed E-state index contributed by atoms with van der Waals surface area (Å²) >= 11 is 0. The molecule has 0 aromatic heterocycles. The van der Waals surface area contributed by atoms with Crippen molar-refractivity contribution in [2.75, 3.05) is 38.1 Å². The third-order valence-corrected chi connectivity index (χ3v) is 3.18. The molecule has 0 spiro atoms. The van der Waals surface area contributed by atoms with Crippen LogP contribution in [0.3, 0.4) is 0 Å². The van der Waals surface area contributed by atoms with Gasteiger partial charge in [0.2, 0.25) is 0 Å². The van der Waals surface area contributed by atoms with Crippen molar-refractivity contribution in [3.63, 3.8) is 0 Å². The molecule has 0 unspecified atom stereocenters. The van der Waals surface area contributed by atoms with Gasteiger partial charge in [0.05, 0.1) is 38.8 Å². The van der Waals surface area contributed by atoms with Crippen molar-refractivity contribution in [1.82, 2.24) is 0 Å². The number of hydrogen-bond acceptors (Lipinski definition) is 1. The second-order valence-electron chi connectivity index (χ2n) is 4.49. The second-order valence-corrected chi connectivity index (χ2v) is 4.49. The van der Waals surface area contributed by atoms with E-state index < -0.39 is 11.7 Å². The Morgan fingerprint density at radius 3 is 2.00 bits per heavy atom. The Morgan fingerprint density at radius 2 is 1.56 bits per heavy atom. The fourth-order valence-electron chi connectivity index (χ4n) is 2.01. The lowest BCUT2D eigenvalue weighted by Gasteiger charge is -2.31. The number of nitrogens with one attached hydrogen (secondary N) is 1. The highest BCUT2D eigenvalue weighted by Gasteiger charge is 2.30. The van der Waals surface area contributed by atoms with E-state index in [9.17, 15) is 13.2 Å². The van der Waals surface area contributed by atoms with E-state index in [4.69, 9.17) is 0 Å². The van der Waals surface area contributed by atoms with E-state index in [0.717, 1.165) is 44.0 Å². The topological polar surface area (TPSA) is 7.68 Å². The largest absolute Gasteiger partial charge is 1.00 e. The SMILES string of the molecule is C[NH+]1CCN(c2ccc(C(F)(F)F)cc2)CC1.[Cl-]. The molecule has 1 fully saturated rings. The molecule has 1 aromatic rings. The number of hydrogen-bond donors (Lipinski definition) is 1. The minimum Gasteiger partial charge on any atom is -1.00 e. The average Bonchev–Trinajstić information content (AvgIpc) is 2.29. The van der Waals surface area contributed by atoms with Gasteiger partial charge in [-0.3, -0.25) is 0 Å². The summed E-state index contributed by atoms with van der Waals surface area (Å²) in [7, 11) is 2.13. The summed E-state index contributed by atoms with van der Waals surface area (Å²) in [5.74, 6) is 0. The van der Waals surface area contributed by atoms with Gasteiger partial charge in [-0.15, -0.1) is 0 Å². The normalized spacial score (nSPS) is 17.4. The van der Waals surface area contributed by atoms with E-state index in [2.05, 4.69) is 11.9 Å². The van der Waals surface area contributed by atoms with Crippen molar-refractivity contribution in [2.45, 2.75) is 6.18 Å². The highest BCUT2D eigenvalue weighted by atomic mass is 35.5. The molecule has 1 aromatic carbocycles. The van der Waals surface area contributed by atoms with E-state index in [0.29, 0.717) is 0 Å². The molecule has 0 amide bonds. The van der Waals surface area contributed by atoms with Crippen LogP contribution in [-0.2, 0) is 6.18 Å². The standard InChI is InChI=1S/C12H15F3N2.ClH/c1-16-6-8-17(9-7-16)11-4-2-10(3-5-11)12(13,14)15;/h2-5H,6-9H2,1H3;1H. The Bertz CT molecular complexity index is 370. The fourth-order valence-corrected chi connectivity index (χ4v) is 2.01. The molecule has 1 aliphatic heterocycles. The number of likely N-dealkylation sites (N-methyl/N-ethyl adjacent to an activating group) is 1. The highest BCUT2D eigenvalue weighted by molar-refractivity contribution is 5.48. The van der Waals surface area contributed by atoms with E-state index in [1.165, 1.54) is 4.90 Å². The highest BCUT2D eigenvalue weighted by Crippen LogP contribution is 2.30. The Balaban J connectivity index is 0.00000162. The molecule has 2 nitrogen and oxygen atoms in total. The first kappa shape index (κ1) is 15.1. The van der Waals surface area contributed by atoms with E-state index in [1.54, 1.807) is 12.1 Å². The first-order chi connectivity index (χ1) is 7.97. The van der Waals surface area contributed by atoms with Gasteiger partial charge in [0, 0.05) is 5.69 Å². The zero-order valence-electron chi connectivity index (χ0n) is 10.1. The number of anilines is 1. The molecule has 18 heavy (non-hydrogen) atoms. The molecule has 0 bridgehead atoms. The number of nitrogens with zero attached hydrogens (tertiary/aromatic N) is 1. The van der Waals surface area contributed by atoms with Crippen LogP contribution in [-0.4, -0.2) is 33.2 Å². The molecule has 1 heterocycles. The molecule has 0 atom stereocenters. The van der Waals surface area contributed by atoms with Gasteiger partial charge in [-0.25, -0.2) is 0 Å². The molecule has 2 rings (SSSR count). The smallest absolute Gasteiger partial charge is 0.416 e. The van der Waals surface area contributed by atoms with E-state index in [1.807, 2.05) is 0 Å². The first-order valence-corrected chi connectivity index (χ1v) is 5.70. The molecule has 0 radical (unpaired) electrons. The van der Waals surface area contributed by atoms with Crippen LogP contribution in [0.2, 0.25) is 0 Å². The summed E-state index contributed by atoms with van der Waals surface area (Å²) in [6.45, 7) is 3.86. The van der Waals surface area contributed by atoms with Crippen molar-refractivity contribution in [1.29, 1.82) is 0 Å². The molecule has 102 valence electrons. The summed E-state index contributed by atoms with van der Waals surface area (Å²) < 4.78 is 37.2. The van der Waals surface area contributed by atoms with Gasteiger partial charge >= 0.3 is 6.18 Å². The van der Waals surface area contributed by atoms with E-state index in [-0.39, 0.29) is 12.4 Å². The van der Waals surface area contributed by atoms with Crippen LogP contribution in [0.15, 0.2) is 24.3 Å². The Hall–Kier alpha value is -0.940. The first-order valence-electron chi connectivity index (χ1n) is 5.70.